The molecule has 198 valence electrons. The average Bonchev–Trinajstić information content (AvgIpc) is 3.71. The van der Waals surface area contributed by atoms with Gasteiger partial charge in [0.05, 0.1) is 25.4 Å². The van der Waals surface area contributed by atoms with Crippen LogP contribution >= 0.6 is 0 Å². The van der Waals surface area contributed by atoms with E-state index in [1.807, 2.05) is 12.1 Å². The van der Waals surface area contributed by atoms with Crippen LogP contribution in [0, 0.1) is 11.3 Å². The molecule has 7 atom stereocenters. The molecule has 1 aromatic rings. The largest absolute Gasteiger partial charge is 0.491 e. The number of ether oxygens (including phenoxy) is 4. The Balaban J connectivity index is 1.53. The molecule has 0 aromatic heterocycles. The Morgan fingerprint density at radius 2 is 1.80 bits per heavy atom. The lowest BCUT2D eigenvalue weighted by Gasteiger charge is -2.64. The molecule has 7 unspecified atom stereocenters. The number of hydrogen-bond donors (Lipinski definition) is 1. The Morgan fingerprint density at radius 3 is 2.31 bits per heavy atom. The normalized spacial score (nSPS) is 40.6. The van der Waals surface area contributed by atoms with E-state index in [9.17, 15) is 5.11 Å². The summed E-state index contributed by atoms with van der Waals surface area (Å²) >= 11 is 0. The Bertz CT molecular complexity index is 850. The highest BCUT2D eigenvalue weighted by Crippen LogP contribution is 2.55. The zero-order valence-electron chi connectivity index (χ0n) is 22.6. The summed E-state index contributed by atoms with van der Waals surface area (Å²) in [5.74, 6) is 0.210. The van der Waals surface area contributed by atoms with Crippen LogP contribution < -0.4 is 4.74 Å². The predicted molar refractivity (Wildman–Crippen MR) is 134 cm³/mol. The quantitative estimate of drug-likeness (QED) is 0.475. The number of rotatable bonds is 9. The van der Waals surface area contributed by atoms with Gasteiger partial charge in [0.1, 0.15) is 30.3 Å². The smallest absolute Gasteiger partial charge is 0.175 e. The van der Waals surface area contributed by atoms with Crippen molar-refractivity contribution >= 4 is 0 Å². The van der Waals surface area contributed by atoms with Crippen molar-refractivity contribution in [2.45, 2.75) is 103 Å². The van der Waals surface area contributed by atoms with Gasteiger partial charge in [0.25, 0.3) is 0 Å². The minimum Gasteiger partial charge on any atom is -0.491 e. The van der Waals surface area contributed by atoms with Crippen molar-refractivity contribution in [3.63, 3.8) is 0 Å². The van der Waals surface area contributed by atoms with E-state index >= 15 is 0 Å². The van der Waals surface area contributed by atoms with Crippen molar-refractivity contribution in [3.05, 3.63) is 29.8 Å². The molecule has 1 spiro atoms. The molecule has 1 aromatic carbocycles. The van der Waals surface area contributed by atoms with E-state index in [-0.39, 0.29) is 35.7 Å². The number of nitrogens with zero attached hydrogens (tertiary/aromatic N) is 1. The molecule has 1 N–H and O–H groups in total. The van der Waals surface area contributed by atoms with Gasteiger partial charge in [-0.1, -0.05) is 39.8 Å². The van der Waals surface area contributed by atoms with Gasteiger partial charge in [0.15, 0.2) is 5.79 Å². The van der Waals surface area contributed by atoms with Crippen LogP contribution in [-0.4, -0.2) is 59.8 Å². The van der Waals surface area contributed by atoms with Gasteiger partial charge in [-0.25, -0.2) is 0 Å². The Labute approximate surface area is 211 Å². The Hall–Kier alpha value is -1.22. The summed E-state index contributed by atoms with van der Waals surface area (Å²) in [5, 5.41) is 12.0. The summed E-state index contributed by atoms with van der Waals surface area (Å²) in [6.07, 6.45) is 3.34. The molecule has 3 fully saturated rings. The summed E-state index contributed by atoms with van der Waals surface area (Å²) in [6.45, 7) is 17.1. The van der Waals surface area contributed by atoms with E-state index in [4.69, 9.17) is 23.8 Å². The number of epoxide rings is 1. The second-order valence-corrected chi connectivity index (χ2v) is 11.5. The zero-order chi connectivity index (χ0) is 25.5. The maximum Gasteiger partial charge on any atom is 0.175 e. The van der Waals surface area contributed by atoms with Crippen molar-refractivity contribution in [3.8, 4) is 5.75 Å². The van der Waals surface area contributed by atoms with Crippen LogP contribution in [0.3, 0.4) is 0 Å². The van der Waals surface area contributed by atoms with Crippen molar-refractivity contribution < 1.29 is 28.9 Å². The molecule has 3 aliphatic rings. The van der Waals surface area contributed by atoms with E-state index in [0.29, 0.717) is 13.2 Å². The van der Waals surface area contributed by atoms with Gasteiger partial charge < -0.3 is 24.1 Å². The van der Waals surface area contributed by atoms with Crippen molar-refractivity contribution in [2.24, 2.45) is 11.3 Å². The van der Waals surface area contributed by atoms with E-state index < -0.39 is 11.5 Å². The van der Waals surface area contributed by atoms with Crippen LogP contribution in [0.4, 0.5) is 0 Å². The highest BCUT2D eigenvalue weighted by Gasteiger charge is 2.63. The van der Waals surface area contributed by atoms with E-state index in [1.165, 1.54) is 0 Å². The van der Waals surface area contributed by atoms with Crippen LogP contribution in [0.5, 0.6) is 5.75 Å². The number of hydrogen-bond acceptors (Lipinski definition) is 7. The fourth-order valence-corrected chi connectivity index (χ4v) is 5.46. The van der Waals surface area contributed by atoms with E-state index in [1.54, 1.807) is 0 Å². The molecule has 3 saturated heterocycles. The molecule has 3 aliphatic heterocycles. The van der Waals surface area contributed by atoms with Crippen LogP contribution in [-0.2, 0) is 19.0 Å². The summed E-state index contributed by atoms with van der Waals surface area (Å²) in [7, 11) is 0. The minimum absolute atomic E-state index is 0.0653. The number of benzene rings is 1. The van der Waals surface area contributed by atoms with Gasteiger partial charge in [0.2, 0.25) is 0 Å². The summed E-state index contributed by atoms with van der Waals surface area (Å²) in [4.78, 5) is 6.76. The SMILES string of the molecule is CCC1(C)OC2(CCC(C)(CO)CO2)C(C)C(C)(CC)N1OC(C)c1ccc(OCC2CO2)cc1. The first-order chi connectivity index (χ1) is 16.5. The van der Waals surface area contributed by atoms with Crippen LogP contribution in [0.15, 0.2) is 24.3 Å². The molecule has 0 amide bonds. The van der Waals surface area contributed by atoms with Gasteiger partial charge >= 0.3 is 0 Å². The Kier molecular flexibility index (Phi) is 7.60. The number of aliphatic hydroxyl groups is 1. The maximum absolute atomic E-state index is 9.86. The van der Waals surface area contributed by atoms with Crippen molar-refractivity contribution in [2.75, 3.05) is 26.4 Å². The minimum atomic E-state index is -0.697. The fourth-order valence-electron chi connectivity index (χ4n) is 5.46. The standard InChI is InChI=1S/C28H45NO6/c1-8-26(6)21(4)28(15-14-25(5,18-30)19-33-28)35-27(7,9-2)29(26)34-20(3)22-10-12-23(13-11-22)31-16-24-17-32-24/h10-13,20-21,24,30H,8-9,14-19H2,1-7H3. The second-order valence-electron chi connectivity index (χ2n) is 11.5. The van der Waals surface area contributed by atoms with Gasteiger partial charge in [0, 0.05) is 17.8 Å². The van der Waals surface area contributed by atoms with Crippen LogP contribution in [0.1, 0.15) is 85.8 Å². The van der Waals surface area contributed by atoms with Crippen molar-refractivity contribution in [1.29, 1.82) is 0 Å². The molecular weight excluding hydrogens is 446 g/mol. The molecule has 0 radical (unpaired) electrons. The number of hydroxylamine groups is 2. The van der Waals surface area contributed by atoms with E-state index in [0.717, 1.165) is 43.6 Å². The molecule has 0 bridgehead atoms. The maximum atomic E-state index is 9.86. The predicted octanol–water partition coefficient (Wildman–Crippen LogP) is 5.23. The lowest BCUT2D eigenvalue weighted by molar-refractivity contribution is -0.479. The Morgan fingerprint density at radius 1 is 1.11 bits per heavy atom. The molecular formula is C28H45NO6. The topological polar surface area (TPSA) is 72.9 Å². The summed E-state index contributed by atoms with van der Waals surface area (Å²) < 4.78 is 24.4. The molecule has 35 heavy (non-hydrogen) atoms. The lowest BCUT2D eigenvalue weighted by Crippen LogP contribution is -2.74. The molecule has 3 heterocycles. The third-order valence-corrected chi connectivity index (χ3v) is 8.83. The highest BCUT2D eigenvalue weighted by atomic mass is 16.8. The van der Waals surface area contributed by atoms with Crippen LogP contribution in [0.2, 0.25) is 0 Å². The van der Waals surface area contributed by atoms with Crippen LogP contribution in [0.25, 0.3) is 0 Å². The molecule has 4 rings (SSSR count). The molecule has 7 nitrogen and oxygen atoms in total. The van der Waals surface area contributed by atoms with Gasteiger partial charge in [-0.15, -0.1) is 0 Å². The van der Waals surface area contributed by atoms with Gasteiger partial charge in [-0.05, 0) is 57.7 Å². The van der Waals surface area contributed by atoms with E-state index in [2.05, 4.69) is 65.7 Å². The number of aliphatic hydroxyl groups excluding tert-OH is 1. The molecule has 0 aliphatic carbocycles. The monoisotopic (exact) mass is 491 g/mol. The van der Waals surface area contributed by atoms with Gasteiger partial charge in [-0.3, -0.25) is 4.84 Å². The second kappa shape index (κ2) is 9.92. The first-order valence-electron chi connectivity index (χ1n) is 13.3. The third-order valence-electron chi connectivity index (χ3n) is 8.83. The highest BCUT2D eigenvalue weighted by molar-refractivity contribution is 5.28. The summed E-state index contributed by atoms with van der Waals surface area (Å²) in [6, 6.07) is 8.12. The zero-order valence-corrected chi connectivity index (χ0v) is 22.6. The van der Waals surface area contributed by atoms with Crippen molar-refractivity contribution in [1.82, 2.24) is 5.06 Å². The molecule has 7 heteroatoms. The first kappa shape index (κ1) is 26.8. The fraction of sp³-hybridized carbons (Fsp3) is 0.786. The summed E-state index contributed by atoms with van der Waals surface area (Å²) in [5.41, 5.74) is -0.107. The third kappa shape index (κ3) is 5.13. The lowest BCUT2D eigenvalue weighted by atomic mass is 9.70. The molecule has 0 saturated carbocycles. The average molecular weight is 492 g/mol. The van der Waals surface area contributed by atoms with Gasteiger partial charge in [-0.2, -0.15) is 5.06 Å². The first-order valence-corrected chi connectivity index (χ1v) is 13.3.